The Labute approximate surface area is 527 Å². The first-order valence-electron chi connectivity index (χ1n) is 28.9. The summed E-state index contributed by atoms with van der Waals surface area (Å²) < 4.78 is 79.5. The van der Waals surface area contributed by atoms with Crippen LogP contribution in [0.1, 0.15) is 104 Å². The average Bonchev–Trinajstić information content (AvgIpc) is 2.53. The Morgan fingerprint density at radius 1 is 0.322 bits per heavy atom. The molecule has 3 aliphatic carbocycles. The number of rotatable bonds is 12. The van der Waals surface area contributed by atoms with Crippen LogP contribution in [0.5, 0.6) is 0 Å². The molecule has 0 spiro atoms. The fourth-order valence-corrected chi connectivity index (χ4v) is 13.9. The third-order valence-corrected chi connectivity index (χ3v) is 20.6. The van der Waals surface area contributed by atoms with Crippen LogP contribution < -0.4 is 14.2 Å². The summed E-state index contributed by atoms with van der Waals surface area (Å²) in [7, 11) is -9.96. The molecule has 9 nitrogen and oxygen atoms in total. The molecule has 3 N–H and O–H groups in total. The summed E-state index contributed by atoms with van der Waals surface area (Å²) in [5.41, 5.74) is 22.0. The minimum Gasteiger partial charge on any atom is -0.284 e. The smallest absolute Gasteiger partial charge is 0.232 e. The van der Waals surface area contributed by atoms with E-state index in [9.17, 15) is 25.3 Å². The summed E-state index contributed by atoms with van der Waals surface area (Å²) in [5, 5.41) is 2.35. The molecule has 15 heteroatoms. The van der Waals surface area contributed by atoms with E-state index < -0.39 is 30.1 Å². The number of hydrogen-bond acceptors (Lipinski definition) is 6. The number of halogens is 3. The van der Waals surface area contributed by atoms with E-state index in [0.29, 0.717) is 17.1 Å². The molecule has 444 valence electrons. The number of sulfonamides is 3. The van der Waals surface area contributed by atoms with Crippen molar-refractivity contribution in [3.8, 4) is 0 Å². The first-order chi connectivity index (χ1) is 41.9. The van der Waals surface area contributed by atoms with Crippen LogP contribution in [0.25, 0.3) is 34.9 Å². The Kier molecular flexibility index (Phi) is 19.8. The first-order valence-corrected chi connectivity index (χ1v) is 35.0. The molecule has 12 rings (SSSR count). The zero-order valence-electron chi connectivity index (χ0n) is 48.5. The van der Waals surface area contributed by atoms with Crippen LogP contribution in [0.15, 0.2) is 200 Å². The molecule has 9 aromatic carbocycles. The number of nitrogens with one attached hydrogen (secondary N) is 3. The number of benzene rings is 9. The van der Waals surface area contributed by atoms with Gasteiger partial charge < -0.3 is 0 Å². The van der Waals surface area contributed by atoms with Crippen LogP contribution in [-0.4, -0.2) is 42.5 Å². The molecule has 0 amide bonds. The van der Waals surface area contributed by atoms with Crippen LogP contribution in [-0.2, 0) is 68.6 Å². The molecule has 0 unspecified atom stereocenters. The second-order valence-electron chi connectivity index (χ2n) is 21.3. The molecule has 0 saturated carbocycles. The van der Waals surface area contributed by atoms with Gasteiger partial charge in [-0.15, -0.1) is 0 Å². The molecule has 0 aliphatic heterocycles. The lowest BCUT2D eigenvalue weighted by atomic mass is 9.92. The summed E-state index contributed by atoms with van der Waals surface area (Å²) in [6.45, 7) is 4.87. The Morgan fingerprint density at radius 2 is 0.575 bits per heavy atom. The SMILES string of the molecule is CCS(=O)(=O)Nc1cccc(/C=C2/c3ccccc3CCc3c(Cl)cccc32)c1.CCS(=O)(=O)Nc1cccc(/C=C2\c3ccccc3CCc3c(Cl)cccc32)c1.CCS(=O)(=O)Nc1cccc(C=C2c3ccccc3CCc3c(Cl)cccc32)c1. The largest absolute Gasteiger partial charge is 0.284 e. The van der Waals surface area contributed by atoms with Gasteiger partial charge in [-0.2, -0.15) is 0 Å². The van der Waals surface area contributed by atoms with Gasteiger partial charge in [0, 0.05) is 32.1 Å². The molecular weight excluding hydrogens is 1210 g/mol. The van der Waals surface area contributed by atoms with Gasteiger partial charge in [0.1, 0.15) is 0 Å². The topological polar surface area (TPSA) is 139 Å². The number of aryl methyl sites for hydroxylation is 3. The maximum absolute atomic E-state index is 11.9. The molecular formula is C72H66Cl3N3O6S3. The van der Waals surface area contributed by atoms with Gasteiger partial charge in [-0.05, 0) is 232 Å². The maximum Gasteiger partial charge on any atom is 0.232 e. The summed E-state index contributed by atoms with van der Waals surface area (Å²) >= 11 is 19.6. The van der Waals surface area contributed by atoms with Crippen molar-refractivity contribution in [1.29, 1.82) is 0 Å². The standard InChI is InChI=1S/3C24H22ClNO2S/c3*1-2-29(27,28)26-19-9-5-7-17(15-19)16-23-20-10-4-3-8-18(20)13-14-22-21(23)11-6-12-24(22)25/h3*3-12,15-16,26H,2,13-14H2,1H3/b23-16+;23-16-;. The normalized spacial score (nSPS) is 14.8. The van der Waals surface area contributed by atoms with Crippen molar-refractivity contribution < 1.29 is 25.3 Å². The average molecular weight is 1270 g/mol. The van der Waals surface area contributed by atoms with Gasteiger partial charge in [-0.3, -0.25) is 14.2 Å². The van der Waals surface area contributed by atoms with Gasteiger partial charge in [0.15, 0.2) is 0 Å². The van der Waals surface area contributed by atoms with Gasteiger partial charge in [-0.25, -0.2) is 25.3 Å². The van der Waals surface area contributed by atoms with E-state index in [4.69, 9.17) is 34.8 Å². The highest BCUT2D eigenvalue weighted by Crippen LogP contribution is 2.41. The highest BCUT2D eigenvalue weighted by atomic mass is 35.5. The number of fused-ring (bicyclic) bond motifs is 6. The summed E-state index contributed by atoms with van der Waals surface area (Å²) in [5.74, 6) is 0.118. The van der Waals surface area contributed by atoms with Crippen molar-refractivity contribution in [3.05, 3.63) is 299 Å². The third-order valence-electron chi connectivity index (χ3n) is 15.6. The van der Waals surface area contributed by atoms with Crippen molar-refractivity contribution in [2.75, 3.05) is 31.4 Å². The second-order valence-corrected chi connectivity index (χ2v) is 28.6. The molecule has 0 saturated heterocycles. The van der Waals surface area contributed by atoms with E-state index in [1.54, 1.807) is 39.0 Å². The lowest BCUT2D eigenvalue weighted by Gasteiger charge is -2.13. The van der Waals surface area contributed by atoms with E-state index in [2.05, 4.69) is 105 Å². The Hall–Kier alpha value is -7.68. The second kappa shape index (κ2) is 27.6. The predicted octanol–water partition coefficient (Wildman–Crippen LogP) is 17.4. The summed E-state index contributed by atoms with van der Waals surface area (Å²) in [4.78, 5) is 0. The van der Waals surface area contributed by atoms with E-state index in [0.717, 1.165) is 120 Å². The van der Waals surface area contributed by atoms with E-state index in [1.807, 2.05) is 109 Å². The summed E-state index contributed by atoms with van der Waals surface area (Å²) in [6, 6.07) is 65.7. The lowest BCUT2D eigenvalue weighted by molar-refractivity contribution is 0.600. The van der Waals surface area contributed by atoms with Crippen LogP contribution in [0, 0.1) is 0 Å². The van der Waals surface area contributed by atoms with E-state index in [-0.39, 0.29) is 17.3 Å². The van der Waals surface area contributed by atoms with Crippen LogP contribution >= 0.6 is 34.8 Å². The maximum atomic E-state index is 11.9. The molecule has 3 aliphatic rings. The minimum atomic E-state index is -3.32. The summed E-state index contributed by atoms with van der Waals surface area (Å²) in [6.07, 6.45) is 11.8. The molecule has 9 aromatic rings. The first kappa shape index (κ1) is 62.4. The van der Waals surface area contributed by atoms with Gasteiger partial charge in [0.25, 0.3) is 0 Å². The van der Waals surface area contributed by atoms with Crippen molar-refractivity contribution in [2.24, 2.45) is 0 Å². The van der Waals surface area contributed by atoms with Crippen LogP contribution in [0.3, 0.4) is 0 Å². The van der Waals surface area contributed by atoms with Crippen molar-refractivity contribution in [1.82, 2.24) is 0 Å². The number of hydrogen-bond donors (Lipinski definition) is 3. The molecule has 0 bridgehead atoms. The molecule has 0 atom stereocenters. The monoisotopic (exact) mass is 1270 g/mol. The van der Waals surface area contributed by atoms with Crippen LogP contribution in [0.4, 0.5) is 17.1 Å². The fourth-order valence-electron chi connectivity index (χ4n) is 11.2. The van der Waals surface area contributed by atoms with Gasteiger partial charge in [-0.1, -0.05) is 180 Å². The third kappa shape index (κ3) is 15.4. The van der Waals surface area contributed by atoms with Gasteiger partial charge in [0.05, 0.1) is 17.3 Å². The fraction of sp³-hybridized carbons (Fsp3) is 0.167. The molecule has 87 heavy (non-hydrogen) atoms. The predicted molar refractivity (Wildman–Crippen MR) is 365 cm³/mol. The molecule has 0 heterocycles. The Morgan fingerprint density at radius 3 is 0.851 bits per heavy atom. The van der Waals surface area contributed by atoms with Crippen molar-refractivity contribution in [2.45, 2.75) is 59.3 Å². The quantitative estimate of drug-likeness (QED) is 0.111. The highest BCUT2D eigenvalue weighted by molar-refractivity contribution is 7.93. The lowest BCUT2D eigenvalue weighted by Crippen LogP contribution is -2.14. The highest BCUT2D eigenvalue weighted by Gasteiger charge is 2.23. The Balaban J connectivity index is 0.000000144. The van der Waals surface area contributed by atoms with Crippen molar-refractivity contribution in [3.63, 3.8) is 0 Å². The minimum absolute atomic E-state index is 0.0393. The zero-order chi connectivity index (χ0) is 61.3. The Bertz CT molecular complexity index is 4050. The molecule has 0 fully saturated rings. The molecule has 0 aromatic heterocycles. The molecule has 0 radical (unpaired) electrons. The van der Waals surface area contributed by atoms with Crippen LogP contribution in [0.2, 0.25) is 15.1 Å². The number of anilines is 3. The van der Waals surface area contributed by atoms with E-state index in [1.165, 1.54) is 33.4 Å². The van der Waals surface area contributed by atoms with Gasteiger partial charge in [0.2, 0.25) is 30.1 Å². The zero-order valence-corrected chi connectivity index (χ0v) is 53.2. The van der Waals surface area contributed by atoms with Crippen molar-refractivity contribution >= 4 is 117 Å². The van der Waals surface area contributed by atoms with E-state index >= 15 is 0 Å². The van der Waals surface area contributed by atoms with Gasteiger partial charge >= 0.3 is 0 Å².